The zero-order valence-electron chi connectivity index (χ0n) is 17.5. The molecular formula is C21H32ClN3O4S. The first-order chi connectivity index (χ1) is 14.3. The molecule has 1 aromatic rings. The lowest BCUT2D eigenvalue weighted by atomic mass is 10.1. The van der Waals surface area contributed by atoms with Crippen molar-refractivity contribution in [2.75, 3.05) is 39.3 Å². The van der Waals surface area contributed by atoms with Gasteiger partial charge in [0.25, 0.3) is 5.91 Å². The van der Waals surface area contributed by atoms with Gasteiger partial charge in [0.05, 0.1) is 11.1 Å². The Morgan fingerprint density at radius 1 is 1.27 bits per heavy atom. The summed E-state index contributed by atoms with van der Waals surface area (Å²) in [5.41, 5.74) is 0.280. The van der Waals surface area contributed by atoms with E-state index < -0.39 is 10.0 Å². The van der Waals surface area contributed by atoms with E-state index in [2.05, 4.69) is 21.9 Å². The summed E-state index contributed by atoms with van der Waals surface area (Å²) in [6, 6.07) is 4.34. The van der Waals surface area contributed by atoms with Gasteiger partial charge < -0.3 is 15.0 Å². The van der Waals surface area contributed by atoms with Crippen LogP contribution in [0.3, 0.4) is 0 Å². The number of hydrogen-bond acceptors (Lipinski definition) is 5. The number of rotatable bonds is 9. The fraction of sp³-hybridized carbons (Fsp3) is 0.667. The summed E-state index contributed by atoms with van der Waals surface area (Å²) in [6.45, 7) is 6.69. The summed E-state index contributed by atoms with van der Waals surface area (Å²) < 4.78 is 33.4. The number of nitrogens with one attached hydrogen (secondary N) is 2. The minimum Gasteiger partial charge on any atom is -0.377 e. The van der Waals surface area contributed by atoms with Crippen LogP contribution in [0.4, 0.5) is 0 Å². The van der Waals surface area contributed by atoms with Crippen LogP contribution in [0, 0.1) is 5.92 Å². The second kappa shape index (κ2) is 10.9. The van der Waals surface area contributed by atoms with Gasteiger partial charge >= 0.3 is 0 Å². The number of sulfonamides is 1. The summed E-state index contributed by atoms with van der Waals surface area (Å²) in [7, 11) is -3.83. The number of hydrogen-bond donors (Lipinski definition) is 2. The van der Waals surface area contributed by atoms with E-state index in [1.807, 2.05) is 0 Å². The van der Waals surface area contributed by atoms with Crippen LogP contribution in [-0.2, 0) is 14.8 Å². The van der Waals surface area contributed by atoms with E-state index in [0.717, 1.165) is 32.5 Å². The standard InChI is InChI=1S/C21H32ClN3O4S/c1-16(15-25-9-3-2-4-10-25)13-23-21(26)17-7-8-19(22)20(12-17)30(27,28)24-14-18-6-5-11-29-18/h7-8,12,16,18,24H,2-6,9-11,13-15H2,1H3,(H,23,26). The molecule has 2 N–H and O–H groups in total. The molecule has 1 aromatic carbocycles. The van der Waals surface area contributed by atoms with Crippen LogP contribution in [0.25, 0.3) is 0 Å². The smallest absolute Gasteiger partial charge is 0.251 e. The number of nitrogens with zero attached hydrogens (tertiary/aromatic N) is 1. The van der Waals surface area contributed by atoms with Crippen LogP contribution < -0.4 is 10.0 Å². The zero-order valence-corrected chi connectivity index (χ0v) is 19.1. The average Bonchev–Trinajstić information content (AvgIpc) is 3.25. The SMILES string of the molecule is CC(CNC(=O)c1ccc(Cl)c(S(=O)(=O)NCC2CCCO2)c1)CN1CCCCC1. The van der Waals surface area contributed by atoms with Gasteiger partial charge in [-0.25, -0.2) is 13.1 Å². The summed E-state index contributed by atoms with van der Waals surface area (Å²) in [5.74, 6) is 0.0170. The predicted octanol–water partition coefficient (Wildman–Crippen LogP) is 2.65. The van der Waals surface area contributed by atoms with Crippen molar-refractivity contribution in [1.29, 1.82) is 0 Å². The average molecular weight is 458 g/mol. The van der Waals surface area contributed by atoms with Crippen molar-refractivity contribution in [1.82, 2.24) is 14.9 Å². The molecule has 0 bridgehead atoms. The maximum Gasteiger partial charge on any atom is 0.251 e. The lowest BCUT2D eigenvalue weighted by molar-refractivity contribution is 0.0942. The van der Waals surface area contributed by atoms with Crippen molar-refractivity contribution in [3.63, 3.8) is 0 Å². The molecule has 0 radical (unpaired) electrons. The number of amides is 1. The Hall–Kier alpha value is -1.19. The Morgan fingerprint density at radius 3 is 2.73 bits per heavy atom. The van der Waals surface area contributed by atoms with Gasteiger partial charge in [-0.15, -0.1) is 0 Å². The highest BCUT2D eigenvalue weighted by Crippen LogP contribution is 2.23. The summed E-state index contributed by atoms with van der Waals surface area (Å²) in [4.78, 5) is 14.9. The van der Waals surface area contributed by atoms with Gasteiger partial charge in [-0.3, -0.25) is 4.79 Å². The minimum atomic E-state index is -3.83. The number of carbonyl (C=O) groups is 1. The molecule has 0 aliphatic carbocycles. The van der Waals surface area contributed by atoms with E-state index in [1.54, 1.807) is 6.07 Å². The Balaban J connectivity index is 1.56. The molecule has 0 aromatic heterocycles. The molecule has 2 aliphatic rings. The molecule has 168 valence electrons. The van der Waals surface area contributed by atoms with Gasteiger partial charge in [-0.05, 0) is 62.9 Å². The van der Waals surface area contributed by atoms with E-state index in [0.29, 0.717) is 19.1 Å². The van der Waals surface area contributed by atoms with Gasteiger partial charge in [-0.2, -0.15) is 0 Å². The van der Waals surface area contributed by atoms with Crippen LogP contribution >= 0.6 is 11.6 Å². The molecule has 0 saturated carbocycles. The van der Waals surface area contributed by atoms with Crippen LogP contribution in [0.2, 0.25) is 5.02 Å². The maximum absolute atomic E-state index is 12.7. The molecule has 2 unspecified atom stereocenters. The van der Waals surface area contributed by atoms with Gasteiger partial charge in [0.15, 0.2) is 0 Å². The highest BCUT2D eigenvalue weighted by Gasteiger charge is 2.23. The van der Waals surface area contributed by atoms with E-state index in [9.17, 15) is 13.2 Å². The van der Waals surface area contributed by atoms with Crippen molar-refractivity contribution in [3.05, 3.63) is 28.8 Å². The van der Waals surface area contributed by atoms with E-state index in [4.69, 9.17) is 16.3 Å². The second-order valence-corrected chi connectivity index (χ2v) is 10.5. The summed E-state index contributed by atoms with van der Waals surface area (Å²) in [5, 5.41) is 3.01. The van der Waals surface area contributed by atoms with E-state index in [-0.39, 0.29) is 34.0 Å². The largest absolute Gasteiger partial charge is 0.377 e. The third-order valence-electron chi connectivity index (χ3n) is 5.64. The first-order valence-electron chi connectivity index (χ1n) is 10.8. The zero-order chi connectivity index (χ0) is 21.6. The van der Waals surface area contributed by atoms with E-state index >= 15 is 0 Å². The van der Waals surface area contributed by atoms with Crippen molar-refractivity contribution >= 4 is 27.5 Å². The molecular weight excluding hydrogens is 426 g/mol. The highest BCUT2D eigenvalue weighted by atomic mass is 35.5. The number of halogens is 1. The number of benzene rings is 1. The van der Waals surface area contributed by atoms with Gasteiger partial charge in [0, 0.05) is 31.8 Å². The highest BCUT2D eigenvalue weighted by molar-refractivity contribution is 7.89. The molecule has 0 spiro atoms. The van der Waals surface area contributed by atoms with Crippen LogP contribution in [0.15, 0.2) is 23.1 Å². The molecule has 1 amide bonds. The van der Waals surface area contributed by atoms with Gasteiger partial charge in [0.1, 0.15) is 4.90 Å². The Morgan fingerprint density at radius 2 is 2.03 bits per heavy atom. The van der Waals surface area contributed by atoms with Gasteiger partial charge in [0.2, 0.25) is 10.0 Å². The second-order valence-electron chi connectivity index (χ2n) is 8.31. The minimum absolute atomic E-state index is 0.0869. The fourth-order valence-corrected chi connectivity index (χ4v) is 5.54. The molecule has 2 heterocycles. The molecule has 7 nitrogen and oxygen atoms in total. The number of likely N-dealkylation sites (tertiary alicyclic amines) is 1. The Kier molecular flexibility index (Phi) is 8.53. The molecule has 9 heteroatoms. The molecule has 2 aliphatic heterocycles. The molecule has 2 fully saturated rings. The van der Waals surface area contributed by atoms with Crippen LogP contribution in [0.1, 0.15) is 49.4 Å². The van der Waals surface area contributed by atoms with Crippen molar-refractivity contribution < 1.29 is 17.9 Å². The topological polar surface area (TPSA) is 87.7 Å². The molecule has 3 rings (SSSR count). The Labute approximate surface area is 184 Å². The summed E-state index contributed by atoms with van der Waals surface area (Å²) in [6.07, 6.45) is 5.41. The van der Waals surface area contributed by atoms with Crippen molar-refractivity contribution in [2.45, 2.75) is 50.0 Å². The predicted molar refractivity (Wildman–Crippen MR) is 117 cm³/mol. The molecule has 2 atom stereocenters. The number of piperidine rings is 1. The fourth-order valence-electron chi connectivity index (χ4n) is 3.95. The van der Waals surface area contributed by atoms with Crippen LogP contribution in [0.5, 0.6) is 0 Å². The number of ether oxygens (including phenoxy) is 1. The Bertz CT molecular complexity index is 822. The monoisotopic (exact) mass is 457 g/mol. The number of carbonyl (C=O) groups excluding carboxylic acids is 1. The summed E-state index contributed by atoms with van der Waals surface area (Å²) >= 11 is 6.13. The van der Waals surface area contributed by atoms with Crippen molar-refractivity contribution in [2.24, 2.45) is 5.92 Å². The third-order valence-corrected chi connectivity index (χ3v) is 7.54. The first-order valence-corrected chi connectivity index (χ1v) is 12.6. The first kappa shape index (κ1) is 23.5. The lowest BCUT2D eigenvalue weighted by Crippen LogP contribution is -2.38. The van der Waals surface area contributed by atoms with Crippen LogP contribution in [-0.4, -0.2) is 64.7 Å². The normalized spacial score (nSPS) is 21.5. The van der Waals surface area contributed by atoms with E-state index in [1.165, 1.54) is 31.4 Å². The molecule has 30 heavy (non-hydrogen) atoms. The third kappa shape index (κ3) is 6.65. The lowest BCUT2D eigenvalue weighted by Gasteiger charge is -2.29. The molecule has 2 saturated heterocycles. The van der Waals surface area contributed by atoms with Gasteiger partial charge in [-0.1, -0.05) is 24.9 Å². The quantitative estimate of drug-likeness (QED) is 0.595. The maximum atomic E-state index is 12.7. The van der Waals surface area contributed by atoms with Crippen molar-refractivity contribution in [3.8, 4) is 0 Å².